The van der Waals surface area contributed by atoms with Crippen molar-refractivity contribution < 1.29 is 14.3 Å². The van der Waals surface area contributed by atoms with Crippen LogP contribution in [-0.4, -0.2) is 18.4 Å². The third kappa shape index (κ3) is 4.91. The van der Waals surface area contributed by atoms with Gasteiger partial charge in [0.1, 0.15) is 0 Å². The fourth-order valence-electron chi connectivity index (χ4n) is 0.663. The summed E-state index contributed by atoms with van der Waals surface area (Å²) in [6.45, 7) is 8.91. The minimum atomic E-state index is -0.495. The average molecular weight is 172 g/mol. The molecule has 12 heavy (non-hydrogen) atoms. The first-order chi connectivity index (χ1) is 5.60. The van der Waals surface area contributed by atoms with Crippen LogP contribution in [0.2, 0.25) is 0 Å². The predicted octanol–water partition coefficient (Wildman–Crippen LogP) is 1.88. The van der Waals surface area contributed by atoms with Gasteiger partial charge in [-0.15, -0.1) is 0 Å². The van der Waals surface area contributed by atoms with E-state index < -0.39 is 12.3 Å². The molecule has 0 saturated heterocycles. The molecule has 0 heterocycles. The Balaban J connectivity index is 3.65. The highest BCUT2D eigenvalue weighted by Crippen LogP contribution is 2.03. The molecule has 0 fully saturated rings. The summed E-state index contributed by atoms with van der Waals surface area (Å²) >= 11 is 0. The lowest BCUT2D eigenvalue weighted by Crippen LogP contribution is -2.21. The standard InChI is InChI=1S/C9H16O3/c1-5-7(3)11-8(4)12-9(10)6-2/h6-8H,2,5H2,1,3-4H3. The Morgan fingerprint density at radius 2 is 2.17 bits per heavy atom. The number of carbonyl (C=O) groups excluding carboxylic acids is 1. The molecule has 0 N–H and O–H groups in total. The molecular weight excluding hydrogens is 156 g/mol. The van der Waals surface area contributed by atoms with Crippen LogP contribution in [0.4, 0.5) is 0 Å². The Morgan fingerprint density at radius 3 is 2.58 bits per heavy atom. The highest BCUT2D eigenvalue weighted by molar-refractivity contribution is 5.81. The first-order valence-corrected chi connectivity index (χ1v) is 4.08. The van der Waals surface area contributed by atoms with Crippen LogP contribution in [0, 0.1) is 0 Å². The Kier molecular flexibility index (Phi) is 5.37. The van der Waals surface area contributed by atoms with E-state index in [1.807, 2.05) is 13.8 Å². The summed E-state index contributed by atoms with van der Waals surface area (Å²) in [5.41, 5.74) is 0. The van der Waals surface area contributed by atoms with Gasteiger partial charge in [-0.25, -0.2) is 4.79 Å². The number of rotatable bonds is 5. The summed E-state index contributed by atoms with van der Waals surface area (Å²) in [6.07, 6.45) is 1.63. The molecule has 0 aliphatic rings. The molecule has 70 valence electrons. The van der Waals surface area contributed by atoms with Crippen LogP contribution in [-0.2, 0) is 14.3 Å². The Morgan fingerprint density at radius 1 is 1.58 bits per heavy atom. The molecule has 2 atom stereocenters. The van der Waals surface area contributed by atoms with Gasteiger partial charge in [0.2, 0.25) is 6.29 Å². The molecule has 0 amide bonds. The Bertz CT molecular complexity index is 154. The summed E-state index contributed by atoms with van der Waals surface area (Å²) < 4.78 is 10.1. The van der Waals surface area contributed by atoms with Crippen molar-refractivity contribution >= 4 is 5.97 Å². The van der Waals surface area contributed by atoms with Gasteiger partial charge in [-0.3, -0.25) is 0 Å². The quantitative estimate of drug-likeness (QED) is 0.361. The summed E-state index contributed by atoms with van der Waals surface area (Å²) in [6, 6.07) is 0. The molecule has 0 aliphatic carbocycles. The fraction of sp³-hybridized carbons (Fsp3) is 0.667. The second kappa shape index (κ2) is 5.77. The minimum Gasteiger partial charge on any atom is -0.433 e. The second-order valence-corrected chi connectivity index (χ2v) is 2.56. The van der Waals surface area contributed by atoms with Crippen LogP contribution >= 0.6 is 0 Å². The van der Waals surface area contributed by atoms with Gasteiger partial charge in [-0.05, 0) is 20.3 Å². The van der Waals surface area contributed by atoms with Crippen molar-refractivity contribution in [1.82, 2.24) is 0 Å². The molecule has 0 spiro atoms. The average Bonchev–Trinajstić information content (AvgIpc) is 2.03. The third-order valence-electron chi connectivity index (χ3n) is 1.45. The maximum absolute atomic E-state index is 10.7. The van der Waals surface area contributed by atoms with Gasteiger partial charge >= 0.3 is 5.97 Å². The first kappa shape index (κ1) is 11.2. The highest BCUT2D eigenvalue weighted by atomic mass is 16.7. The van der Waals surface area contributed by atoms with Crippen LogP contribution in [0.1, 0.15) is 27.2 Å². The van der Waals surface area contributed by atoms with E-state index in [4.69, 9.17) is 9.47 Å². The molecule has 3 nitrogen and oxygen atoms in total. The zero-order valence-electron chi connectivity index (χ0n) is 7.87. The minimum absolute atomic E-state index is 0.109. The molecular formula is C9H16O3. The summed E-state index contributed by atoms with van der Waals surface area (Å²) in [5, 5.41) is 0. The van der Waals surface area contributed by atoms with Crippen LogP contribution < -0.4 is 0 Å². The Labute approximate surface area is 73.4 Å². The van der Waals surface area contributed by atoms with Crippen molar-refractivity contribution in [2.45, 2.75) is 39.6 Å². The maximum Gasteiger partial charge on any atom is 0.332 e. The van der Waals surface area contributed by atoms with Crippen molar-refractivity contribution in [3.8, 4) is 0 Å². The van der Waals surface area contributed by atoms with E-state index in [1.165, 1.54) is 0 Å². The van der Waals surface area contributed by atoms with E-state index in [1.54, 1.807) is 6.92 Å². The van der Waals surface area contributed by atoms with Gasteiger partial charge < -0.3 is 9.47 Å². The molecule has 0 aromatic heterocycles. The van der Waals surface area contributed by atoms with Gasteiger partial charge in [0.25, 0.3) is 0 Å². The van der Waals surface area contributed by atoms with E-state index in [0.29, 0.717) is 0 Å². The van der Waals surface area contributed by atoms with Crippen LogP contribution in [0.3, 0.4) is 0 Å². The van der Waals surface area contributed by atoms with E-state index >= 15 is 0 Å². The van der Waals surface area contributed by atoms with Crippen molar-refractivity contribution in [3.63, 3.8) is 0 Å². The van der Waals surface area contributed by atoms with Crippen molar-refractivity contribution in [2.75, 3.05) is 0 Å². The van der Waals surface area contributed by atoms with Gasteiger partial charge in [0.05, 0.1) is 6.10 Å². The van der Waals surface area contributed by atoms with Gasteiger partial charge in [0.15, 0.2) is 0 Å². The summed E-state index contributed by atoms with van der Waals surface area (Å²) in [4.78, 5) is 10.7. The summed E-state index contributed by atoms with van der Waals surface area (Å²) in [5.74, 6) is -0.453. The second-order valence-electron chi connectivity index (χ2n) is 2.56. The zero-order chi connectivity index (χ0) is 9.56. The fourth-order valence-corrected chi connectivity index (χ4v) is 0.663. The lowest BCUT2D eigenvalue weighted by molar-refractivity contribution is -0.177. The van der Waals surface area contributed by atoms with Crippen LogP contribution in [0.5, 0.6) is 0 Å². The Hall–Kier alpha value is -0.830. The topological polar surface area (TPSA) is 35.5 Å². The monoisotopic (exact) mass is 172 g/mol. The van der Waals surface area contributed by atoms with Gasteiger partial charge in [-0.2, -0.15) is 0 Å². The van der Waals surface area contributed by atoms with Gasteiger partial charge in [0, 0.05) is 6.08 Å². The molecule has 0 saturated carbocycles. The number of hydrogen-bond donors (Lipinski definition) is 0. The molecule has 0 radical (unpaired) electrons. The molecule has 0 rings (SSSR count). The smallest absolute Gasteiger partial charge is 0.332 e. The van der Waals surface area contributed by atoms with E-state index in [2.05, 4.69) is 6.58 Å². The van der Waals surface area contributed by atoms with Crippen molar-refractivity contribution in [1.29, 1.82) is 0 Å². The molecule has 3 heteroatoms. The lowest BCUT2D eigenvalue weighted by Gasteiger charge is -2.17. The summed E-state index contributed by atoms with van der Waals surface area (Å²) in [7, 11) is 0. The zero-order valence-corrected chi connectivity index (χ0v) is 7.87. The van der Waals surface area contributed by atoms with E-state index in [9.17, 15) is 4.79 Å². The normalized spacial score (nSPS) is 14.9. The van der Waals surface area contributed by atoms with E-state index in [0.717, 1.165) is 12.5 Å². The number of ether oxygens (including phenoxy) is 2. The SMILES string of the molecule is C=CC(=O)OC(C)OC(C)CC. The number of hydrogen-bond acceptors (Lipinski definition) is 3. The molecule has 0 aromatic rings. The largest absolute Gasteiger partial charge is 0.433 e. The molecule has 0 aliphatic heterocycles. The lowest BCUT2D eigenvalue weighted by atomic mass is 10.3. The number of carbonyl (C=O) groups is 1. The maximum atomic E-state index is 10.7. The third-order valence-corrected chi connectivity index (χ3v) is 1.45. The predicted molar refractivity (Wildman–Crippen MR) is 46.6 cm³/mol. The molecule has 0 aromatic carbocycles. The first-order valence-electron chi connectivity index (χ1n) is 4.08. The van der Waals surface area contributed by atoms with Gasteiger partial charge in [-0.1, -0.05) is 13.5 Å². The van der Waals surface area contributed by atoms with Crippen LogP contribution in [0.15, 0.2) is 12.7 Å². The van der Waals surface area contributed by atoms with Crippen molar-refractivity contribution in [2.24, 2.45) is 0 Å². The van der Waals surface area contributed by atoms with E-state index in [-0.39, 0.29) is 6.10 Å². The number of esters is 1. The molecule has 2 unspecified atom stereocenters. The highest BCUT2D eigenvalue weighted by Gasteiger charge is 2.09. The molecule has 0 bridgehead atoms. The van der Waals surface area contributed by atoms with Crippen LogP contribution in [0.25, 0.3) is 0 Å². The van der Waals surface area contributed by atoms with Crippen molar-refractivity contribution in [3.05, 3.63) is 12.7 Å².